The molecule has 0 aromatic carbocycles. The molecule has 3 rings (SSSR count). The van der Waals surface area contributed by atoms with Crippen molar-refractivity contribution in [1.29, 1.82) is 0 Å². The molecule has 126 valence electrons. The summed E-state index contributed by atoms with van der Waals surface area (Å²) in [5.41, 5.74) is 0.431. The minimum atomic E-state index is -0.147. The summed E-state index contributed by atoms with van der Waals surface area (Å²) in [4.78, 5) is 23.1. The third-order valence-corrected chi connectivity index (χ3v) is 5.73. The zero-order valence-electron chi connectivity index (χ0n) is 13.4. The molecule has 6 nitrogen and oxygen atoms in total. The van der Waals surface area contributed by atoms with Gasteiger partial charge in [-0.2, -0.15) is 0 Å². The molecule has 7 heteroatoms. The normalized spacial score (nSPS) is 22.7. The Morgan fingerprint density at radius 1 is 1.39 bits per heavy atom. The van der Waals surface area contributed by atoms with Crippen LogP contribution in [0.2, 0.25) is 0 Å². The molecule has 2 fully saturated rings. The number of nitrogens with one attached hydrogen (secondary N) is 1. The lowest BCUT2D eigenvalue weighted by molar-refractivity contribution is -0.0323. The Balaban J connectivity index is 1.75. The van der Waals surface area contributed by atoms with E-state index < -0.39 is 0 Å². The average molecular weight is 383 g/mol. The Labute approximate surface area is 145 Å². The summed E-state index contributed by atoms with van der Waals surface area (Å²) in [6.45, 7) is 5.56. The van der Waals surface area contributed by atoms with Crippen LogP contribution in [-0.2, 0) is 4.74 Å². The van der Waals surface area contributed by atoms with Crippen LogP contribution in [0.25, 0.3) is 0 Å². The van der Waals surface area contributed by atoms with E-state index in [1.807, 2.05) is 0 Å². The molecule has 0 bridgehead atoms. The first-order chi connectivity index (χ1) is 11.1. The van der Waals surface area contributed by atoms with Crippen molar-refractivity contribution >= 4 is 21.8 Å². The van der Waals surface area contributed by atoms with Crippen LogP contribution in [0.15, 0.2) is 17.0 Å². The van der Waals surface area contributed by atoms with Gasteiger partial charge in [0.2, 0.25) is 0 Å². The van der Waals surface area contributed by atoms with Gasteiger partial charge in [-0.05, 0) is 35.7 Å². The van der Waals surface area contributed by atoms with Crippen LogP contribution in [0.5, 0.6) is 0 Å². The zero-order valence-corrected chi connectivity index (χ0v) is 15.0. The number of hydrogen-bond acceptors (Lipinski definition) is 5. The number of aromatic nitrogens is 2. The van der Waals surface area contributed by atoms with Crippen molar-refractivity contribution in [3.63, 3.8) is 0 Å². The summed E-state index contributed by atoms with van der Waals surface area (Å²) in [6.07, 6.45) is 7.68. The molecule has 1 aliphatic carbocycles. The Morgan fingerprint density at radius 2 is 2.09 bits per heavy atom. The van der Waals surface area contributed by atoms with Gasteiger partial charge in [0.15, 0.2) is 0 Å². The average Bonchev–Trinajstić information content (AvgIpc) is 3.07. The number of amides is 1. The van der Waals surface area contributed by atoms with Crippen molar-refractivity contribution in [3.8, 4) is 0 Å². The van der Waals surface area contributed by atoms with E-state index in [1.54, 1.807) is 6.20 Å². The van der Waals surface area contributed by atoms with Crippen LogP contribution >= 0.6 is 15.9 Å². The molecule has 1 amide bonds. The SMILES string of the molecule is C[C@H](NC(=O)c1ncncc1Br)C1(N2CCOCC2)CCCC1. The summed E-state index contributed by atoms with van der Waals surface area (Å²) in [5, 5.41) is 3.18. The zero-order chi connectivity index (χ0) is 16.3. The second kappa shape index (κ2) is 7.23. The molecule has 2 heterocycles. The molecule has 0 unspecified atom stereocenters. The molecular formula is C16H23BrN4O2. The largest absolute Gasteiger partial charge is 0.379 e. The van der Waals surface area contributed by atoms with Gasteiger partial charge >= 0.3 is 0 Å². The number of nitrogens with zero attached hydrogens (tertiary/aromatic N) is 3. The van der Waals surface area contributed by atoms with Crippen LogP contribution in [-0.4, -0.2) is 58.7 Å². The fraction of sp³-hybridized carbons (Fsp3) is 0.688. The Morgan fingerprint density at radius 3 is 2.74 bits per heavy atom. The number of carbonyl (C=O) groups excluding carboxylic acids is 1. The number of halogens is 1. The second-order valence-electron chi connectivity index (χ2n) is 6.32. The molecule has 1 atom stereocenters. The van der Waals surface area contributed by atoms with Crippen LogP contribution in [0.1, 0.15) is 43.1 Å². The smallest absolute Gasteiger partial charge is 0.271 e. The summed E-state index contributed by atoms with van der Waals surface area (Å²) in [7, 11) is 0. The van der Waals surface area contributed by atoms with E-state index in [2.05, 4.69) is 43.0 Å². The maximum atomic E-state index is 12.6. The molecule has 0 spiro atoms. The minimum absolute atomic E-state index is 0.0406. The highest BCUT2D eigenvalue weighted by Crippen LogP contribution is 2.38. The van der Waals surface area contributed by atoms with E-state index in [4.69, 9.17) is 4.74 Å². The van der Waals surface area contributed by atoms with Crippen LogP contribution in [0, 0.1) is 0 Å². The van der Waals surface area contributed by atoms with Crippen molar-refractivity contribution in [3.05, 3.63) is 22.7 Å². The molecule has 1 saturated heterocycles. The standard InChI is InChI=1S/C16H23BrN4O2/c1-12(20-15(22)14-13(17)10-18-11-19-14)16(4-2-3-5-16)21-6-8-23-9-7-21/h10-12H,2-9H2,1H3,(H,20,22)/t12-/m0/s1. The molecule has 2 aliphatic rings. The first-order valence-corrected chi connectivity index (χ1v) is 9.02. The number of ether oxygens (including phenoxy) is 1. The summed E-state index contributed by atoms with van der Waals surface area (Å²) in [5.74, 6) is -0.147. The molecule has 1 saturated carbocycles. The van der Waals surface area contributed by atoms with Gasteiger partial charge in [0, 0.05) is 30.9 Å². The molecule has 1 aromatic heterocycles. The maximum Gasteiger partial charge on any atom is 0.271 e. The molecule has 23 heavy (non-hydrogen) atoms. The van der Waals surface area contributed by atoms with Crippen molar-refractivity contribution < 1.29 is 9.53 Å². The first kappa shape index (κ1) is 16.8. The molecule has 1 N–H and O–H groups in total. The second-order valence-corrected chi connectivity index (χ2v) is 7.18. The number of hydrogen-bond donors (Lipinski definition) is 1. The monoisotopic (exact) mass is 382 g/mol. The van der Waals surface area contributed by atoms with Gasteiger partial charge in [-0.1, -0.05) is 12.8 Å². The van der Waals surface area contributed by atoms with E-state index in [0.29, 0.717) is 10.2 Å². The van der Waals surface area contributed by atoms with E-state index >= 15 is 0 Å². The van der Waals surface area contributed by atoms with E-state index in [-0.39, 0.29) is 17.5 Å². The Kier molecular flexibility index (Phi) is 5.28. The first-order valence-electron chi connectivity index (χ1n) is 8.23. The van der Waals surface area contributed by atoms with Crippen molar-refractivity contribution in [1.82, 2.24) is 20.2 Å². The van der Waals surface area contributed by atoms with E-state index in [9.17, 15) is 4.79 Å². The van der Waals surface area contributed by atoms with Crippen LogP contribution in [0.4, 0.5) is 0 Å². The molecule has 1 aliphatic heterocycles. The predicted octanol–water partition coefficient (Wildman–Crippen LogP) is 2.00. The lowest BCUT2D eigenvalue weighted by Gasteiger charge is -2.47. The van der Waals surface area contributed by atoms with Gasteiger partial charge in [0.25, 0.3) is 5.91 Å². The molecule has 0 radical (unpaired) electrons. The molecular weight excluding hydrogens is 360 g/mol. The summed E-state index contributed by atoms with van der Waals surface area (Å²) in [6, 6.07) is 0.0671. The highest BCUT2D eigenvalue weighted by molar-refractivity contribution is 9.10. The number of morpholine rings is 1. The summed E-state index contributed by atoms with van der Waals surface area (Å²) < 4.78 is 6.12. The molecule has 1 aromatic rings. The van der Waals surface area contributed by atoms with Crippen molar-refractivity contribution in [2.24, 2.45) is 0 Å². The van der Waals surface area contributed by atoms with Crippen LogP contribution in [0.3, 0.4) is 0 Å². The number of carbonyl (C=O) groups is 1. The van der Waals surface area contributed by atoms with Gasteiger partial charge in [0.05, 0.1) is 17.7 Å². The van der Waals surface area contributed by atoms with Gasteiger partial charge < -0.3 is 10.1 Å². The fourth-order valence-corrected chi connectivity index (χ4v) is 4.30. The van der Waals surface area contributed by atoms with Gasteiger partial charge in [-0.3, -0.25) is 9.69 Å². The van der Waals surface area contributed by atoms with E-state index in [0.717, 1.165) is 39.1 Å². The number of rotatable bonds is 4. The lowest BCUT2D eigenvalue weighted by atomic mass is 9.86. The minimum Gasteiger partial charge on any atom is -0.379 e. The highest BCUT2D eigenvalue weighted by Gasteiger charge is 2.45. The van der Waals surface area contributed by atoms with E-state index in [1.165, 1.54) is 19.2 Å². The van der Waals surface area contributed by atoms with Crippen molar-refractivity contribution in [2.45, 2.75) is 44.2 Å². The van der Waals surface area contributed by atoms with Crippen LogP contribution < -0.4 is 5.32 Å². The maximum absolute atomic E-state index is 12.6. The quantitative estimate of drug-likeness (QED) is 0.862. The fourth-order valence-electron chi connectivity index (χ4n) is 3.90. The third-order valence-electron chi connectivity index (χ3n) is 5.15. The Bertz CT molecular complexity index is 557. The van der Waals surface area contributed by atoms with Gasteiger partial charge in [-0.15, -0.1) is 0 Å². The highest BCUT2D eigenvalue weighted by atomic mass is 79.9. The predicted molar refractivity (Wildman–Crippen MR) is 90.3 cm³/mol. The lowest BCUT2D eigenvalue weighted by Crippen LogP contribution is -2.62. The van der Waals surface area contributed by atoms with Crippen molar-refractivity contribution in [2.75, 3.05) is 26.3 Å². The van der Waals surface area contributed by atoms with Gasteiger partial charge in [-0.25, -0.2) is 9.97 Å². The Hall–Kier alpha value is -1.05. The summed E-state index contributed by atoms with van der Waals surface area (Å²) >= 11 is 3.35. The van der Waals surface area contributed by atoms with Gasteiger partial charge in [0.1, 0.15) is 12.0 Å². The third kappa shape index (κ3) is 3.41. The topological polar surface area (TPSA) is 67.4 Å².